The number of carboxylic acid groups (broad SMARTS) is 1. The van der Waals surface area contributed by atoms with E-state index >= 15 is 0 Å². The van der Waals surface area contributed by atoms with Crippen molar-refractivity contribution in [2.75, 3.05) is 7.05 Å². The number of nitrogens with two attached hydrogens (primary N) is 1. The van der Waals surface area contributed by atoms with Crippen LogP contribution in [0.1, 0.15) is 31.0 Å². The Morgan fingerprint density at radius 2 is 1.74 bits per heavy atom. The van der Waals surface area contributed by atoms with Crippen molar-refractivity contribution in [2.45, 2.75) is 32.4 Å². The summed E-state index contributed by atoms with van der Waals surface area (Å²) in [6, 6.07) is 6.43. The molecule has 0 aliphatic heterocycles. The van der Waals surface area contributed by atoms with Crippen molar-refractivity contribution in [3.05, 3.63) is 35.4 Å². The van der Waals surface area contributed by atoms with Gasteiger partial charge in [0.25, 0.3) is 0 Å². The lowest BCUT2D eigenvalue weighted by atomic mass is 10.00. The number of carboxylic acids is 1. The molecule has 19 heavy (non-hydrogen) atoms. The normalized spacial score (nSPS) is 12.9. The van der Waals surface area contributed by atoms with E-state index in [1.165, 1.54) is 25.8 Å². The molecule has 0 fully saturated rings. The number of hydrogen-bond acceptors (Lipinski definition) is 3. The minimum Gasteiger partial charge on any atom is -0.480 e. The quantitative estimate of drug-likeness (QED) is 0.859. The molecule has 1 aromatic carbocycles. The van der Waals surface area contributed by atoms with Crippen molar-refractivity contribution in [1.29, 1.82) is 0 Å². The highest BCUT2D eigenvalue weighted by Gasteiger charge is 2.37. The molecule has 1 unspecified atom stereocenters. The second kappa shape index (κ2) is 5.40. The van der Waals surface area contributed by atoms with Crippen LogP contribution in [0.5, 0.6) is 0 Å². The lowest BCUT2D eigenvalue weighted by molar-refractivity contribution is -0.155. The minimum absolute atomic E-state index is 0.420. The summed E-state index contributed by atoms with van der Waals surface area (Å²) in [5, 5.41) is 9.11. The van der Waals surface area contributed by atoms with Crippen molar-refractivity contribution in [3.8, 4) is 0 Å². The van der Waals surface area contributed by atoms with E-state index in [1.54, 1.807) is 12.1 Å². The summed E-state index contributed by atoms with van der Waals surface area (Å²) in [6.07, 6.45) is 0. The summed E-state index contributed by atoms with van der Waals surface area (Å²) in [5.74, 6) is -1.49. The summed E-state index contributed by atoms with van der Waals surface area (Å²) < 4.78 is 0. The smallest absolute Gasteiger partial charge is 0.329 e. The number of carbonyl (C=O) groups excluding carboxylic acids is 1. The van der Waals surface area contributed by atoms with Gasteiger partial charge in [-0.1, -0.05) is 29.8 Å². The molecule has 1 aromatic rings. The minimum atomic E-state index is -1.29. The Labute approximate surface area is 113 Å². The van der Waals surface area contributed by atoms with E-state index in [0.717, 1.165) is 5.56 Å². The van der Waals surface area contributed by atoms with Crippen molar-refractivity contribution >= 4 is 11.9 Å². The van der Waals surface area contributed by atoms with Gasteiger partial charge < -0.3 is 15.7 Å². The fraction of sp³-hybridized carbons (Fsp3) is 0.429. The lowest BCUT2D eigenvalue weighted by Crippen LogP contribution is -2.53. The molecule has 0 radical (unpaired) electrons. The van der Waals surface area contributed by atoms with E-state index in [2.05, 4.69) is 0 Å². The van der Waals surface area contributed by atoms with Crippen LogP contribution in [0.3, 0.4) is 0 Å². The van der Waals surface area contributed by atoms with E-state index in [1.807, 2.05) is 19.1 Å². The van der Waals surface area contributed by atoms with Crippen molar-refractivity contribution < 1.29 is 14.7 Å². The first-order valence-corrected chi connectivity index (χ1v) is 6.01. The van der Waals surface area contributed by atoms with Crippen LogP contribution in [0, 0.1) is 6.92 Å². The molecule has 0 saturated carbocycles. The van der Waals surface area contributed by atoms with E-state index in [9.17, 15) is 9.59 Å². The van der Waals surface area contributed by atoms with Gasteiger partial charge >= 0.3 is 5.97 Å². The first kappa shape index (κ1) is 15.2. The largest absolute Gasteiger partial charge is 0.480 e. The Balaban J connectivity index is 2.94. The number of amides is 1. The summed E-state index contributed by atoms with van der Waals surface area (Å²) in [6.45, 7) is 4.88. The van der Waals surface area contributed by atoms with Crippen LogP contribution in [0.2, 0.25) is 0 Å². The molecule has 5 nitrogen and oxygen atoms in total. The molecule has 0 aromatic heterocycles. The summed E-state index contributed by atoms with van der Waals surface area (Å²) in [7, 11) is 1.45. The molecule has 0 aliphatic rings. The topological polar surface area (TPSA) is 83.6 Å². The number of hydrogen-bond donors (Lipinski definition) is 2. The number of benzene rings is 1. The highest BCUT2D eigenvalue weighted by Crippen LogP contribution is 2.19. The maximum absolute atomic E-state index is 12.2. The van der Waals surface area contributed by atoms with Crippen LogP contribution >= 0.6 is 0 Å². The Bertz CT molecular complexity index is 480. The van der Waals surface area contributed by atoms with Crippen LogP contribution in [0.4, 0.5) is 0 Å². The van der Waals surface area contributed by atoms with Gasteiger partial charge in [-0.2, -0.15) is 0 Å². The van der Waals surface area contributed by atoms with Crippen molar-refractivity contribution in [3.63, 3.8) is 0 Å². The number of rotatable bonds is 4. The Morgan fingerprint density at radius 3 is 2.16 bits per heavy atom. The molecule has 1 rings (SSSR count). The third-order valence-corrected chi connectivity index (χ3v) is 3.39. The molecule has 0 aliphatic carbocycles. The monoisotopic (exact) mass is 264 g/mol. The zero-order valence-corrected chi connectivity index (χ0v) is 11.7. The molecule has 0 saturated heterocycles. The second-order valence-corrected chi connectivity index (χ2v) is 5.15. The fourth-order valence-electron chi connectivity index (χ4n) is 1.54. The first-order chi connectivity index (χ1) is 8.67. The standard InChI is InChI=1S/C14H20N2O3/c1-9-5-7-10(8-6-9)11(15)12(17)16(4)14(2,3)13(18)19/h5-8,11H,15H2,1-4H3,(H,18,19). The predicted octanol–water partition coefficient (Wildman–Crippen LogP) is 1.32. The number of aryl methyl sites for hydroxylation is 1. The third kappa shape index (κ3) is 3.12. The number of likely N-dealkylation sites (N-methyl/N-ethyl adjacent to an activating group) is 1. The zero-order chi connectivity index (χ0) is 14.8. The molecule has 0 bridgehead atoms. The maximum Gasteiger partial charge on any atom is 0.329 e. The third-order valence-electron chi connectivity index (χ3n) is 3.39. The van der Waals surface area contributed by atoms with Crippen molar-refractivity contribution in [1.82, 2.24) is 4.90 Å². The van der Waals surface area contributed by atoms with E-state index in [0.29, 0.717) is 5.56 Å². The van der Waals surface area contributed by atoms with E-state index in [4.69, 9.17) is 10.8 Å². The molecule has 5 heteroatoms. The molecule has 0 spiro atoms. The Kier molecular flexibility index (Phi) is 4.32. The zero-order valence-electron chi connectivity index (χ0n) is 11.7. The van der Waals surface area contributed by atoms with Gasteiger partial charge in [0.2, 0.25) is 5.91 Å². The Morgan fingerprint density at radius 1 is 1.26 bits per heavy atom. The van der Waals surface area contributed by atoms with Crippen LogP contribution in [-0.4, -0.2) is 34.5 Å². The predicted molar refractivity (Wildman–Crippen MR) is 72.6 cm³/mol. The summed E-state index contributed by atoms with van der Waals surface area (Å²) in [5.41, 5.74) is 6.35. The fourth-order valence-corrected chi connectivity index (χ4v) is 1.54. The number of aliphatic carboxylic acids is 1. The maximum atomic E-state index is 12.2. The molecule has 3 N–H and O–H groups in total. The lowest BCUT2D eigenvalue weighted by Gasteiger charge is -2.33. The summed E-state index contributed by atoms with van der Waals surface area (Å²) >= 11 is 0. The SMILES string of the molecule is Cc1ccc(C(N)C(=O)N(C)C(C)(C)C(=O)O)cc1. The second-order valence-electron chi connectivity index (χ2n) is 5.15. The Hall–Kier alpha value is -1.88. The number of carbonyl (C=O) groups is 2. The molecule has 1 amide bonds. The van der Waals surface area contributed by atoms with Gasteiger partial charge in [-0.05, 0) is 26.3 Å². The molecular formula is C14H20N2O3. The molecule has 1 atom stereocenters. The first-order valence-electron chi connectivity index (χ1n) is 6.01. The van der Waals surface area contributed by atoms with Gasteiger partial charge in [-0.15, -0.1) is 0 Å². The molecular weight excluding hydrogens is 244 g/mol. The number of nitrogens with zero attached hydrogens (tertiary/aromatic N) is 1. The van der Waals surface area contributed by atoms with Gasteiger partial charge in [0, 0.05) is 7.05 Å². The highest BCUT2D eigenvalue weighted by molar-refractivity contribution is 5.89. The van der Waals surface area contributed by atoms with Crippen LogP contribution in [0.25, 0.3) is 0 Å². The molecule has 104 valence electrons. The molecule has 0 heterocycles. The highest BCUT2D eigenvalue weighted by atomic mass is 16.4. The van der Waals surface area contributed by atoms with Gasteiger partial charge in [0.05, 0.1) is 0 Å². The van der Waals surface area contributed by atoms with Gasteiger partial charge in [-0.25, -0.2) is 4.79 Å². The van der Waals surface area contributed by atoms with Crippen LogP contribution in [0.15, 0.2) is 24.3 Å². The van der Waals surface area contributed by atoms with Gasteiger partial charge in [0.15, 0.2) is 0 Å². The van der Waals surface area contributed by atoms with E-state index < -0.39 is 23.5 Å². The average molecular weight is 264 g/mol. The van der Waals surface area contributed by atoms with Gasteiger partial charge in [0.1, 0.15) is 11.6 Å². The van der Waals surface area contributed by atoms with Crippen LogP contribution in [-0.2, 0) is 9.59 Å². The van der Waals surface area contributed by atoms with Gasteiger partial charge in [-0.3, -0.25) is 4.79 Å². The van der Waals surface area contributed by atoms with Crippen molar-refractivity contribution in [2.24, 2.45) is 5.73 Å². The average Bonchev–Trinajstić information content (AvgIpc) is 2.36. The van der Waals surface area contributed by atoms with Crippen LogP contribution < -0.4 is 5.73 Å². The van der Waals surface area contributed by atoms with E-state index in [-0.39, 0.29) is 0 Å². The summed E-state index contributed by atoms with van der Waals surface area (Å²) in [4.78, 5) is 24.5.